The molecule has 29 heavy (non-hydrogen) atoms. The second-order valence-electron chi connectivity index (χ2n) is 6.49. The Morgan fingerprint density at radius 2 is 1.55 bits per heavy atom. The van der Waals surface area contributed by atoms with E-state index in [-0.39, 0.29) is 6.61 Å². The van der Waals surface area contributed by atoms with Gasteiger partial charge in [0.15, 0.2) is 6.61 Å². The molecule has 0 atom stereocenters. The lowest BCUT2D eigenvalue weighted by Crippen LogP contribution is -2.24. The summed E-state index contributed by atoms with van der Waals surface area (Å²) in [6.45, 7) is 1.46. The van der Waals surface area contributed by atoms with Gasteiger partial charge in [-0.25, -0.2) is 0 Å². The van der Waals surface area contributed by atoms with Crippen LogP contribution in [0.1, 0.15) is 22.6 Å². The molecule has 0 fully saturated rings. The fourth-order valence-electron chi connectivity index (χ4n) is 2.94. The molecule has 0 saturated heterocycles. The summed E-state index contributed by atoms with van der Waals surface area (Å²) in [5, 5.41) is 3.21. The number of rotatable bonds is 6. The van der Waals surface area contributed by atoms with Crippen molar-refractivity contribution in [3.63, 3.8) is 0 Å². The molecule has 3 aromatic rings. The number of hydrogen-bond donors (Lipinski definition) is 1. The molecular formula is C23H19BrClNO3. The highest BCUT2D eigenvalue weighted by molar-refractivity contribution is 9.10. The van der Waals surface area contributed by atoms with Crippen molar-refractivity contribution in [2.24, 2.45) is 0 Å². The third-order valence-electron chi connectivity index (χ3n) is 4.39. The number of nitrogens with one attached hydrogen (secondary N) is 1. The number of carbonyl (C=O) groups is 2. The van der Waals surface area contributed by atoms with Gasteiger partial charge in [0.1, 0.15) is 5.92 Å². The number of hydrogen-bond acceptors (Lipinski definition) is 3. The molecule has 6 heteroatoms. The molecule has 0 saturated carbocycles. The van der Waals surface area contributed by atoms with Gasteiger partial charge in [-0.15, -0.1) is 0 Å². The highest BCUT2D eigenvalue weighted by Gasteiger charge is 2.24. The zero-order chi connectivity index (χ0) is 20.8. The topological polar surface area (TPSA) is 55.4 Å². The number of aryl methyl sites for hydroxylation is 1. The minimum Gasteiger partial charge on any atom is -0.455 e. The summed E-state index contributed by atoms with van der Waals surface area (Å²) >= 11 is 9.43. The van der Waals surface area contributed by atoms with E-state index >= 15 is 0 Å². The first kappa shape index (κ1) is 21.1. The van der Waals surface area contributed by atoms with Crippen molar-refractivity contribution in [3.05, 3.63) is 99.0 Å². The molecule has 4 nitrogen and oxygen atoms in total. The van der Waals surface area contributed by atoms with E-state index in [1.807, 2.05) is 73.7 Å². The summed E-state index contributed by atoms with van der Waals surface area (Å²) in [5.74, 6) is -1.52. The van der Waals surface area contributed by atoms with Gasteiger partial charge in [0.25, 0.3) is 5.91 Å². The van der Waals surface area contributed by atoms with Gasteiger partial charge in [-0.1, -0.05) is 72.3 Å². The number of amides is 1. The molecule has 0 radical (unpaired) electrons. The first-order valence-corrected chi connectivity index (χ1v) is 10.1. The Kier molecular flexibility index (Phi) is 7.07. The molecule has 3 aromatic carbocycles. The van der Waals surface area contributed by atoms with E-state index in [1.54, 1.807) is 6.07 Å². The lowest BCUT2D eigenvalue weighted by Gasteiger charge is -2.17. The quantitative estimate of drug-likeness (QED) is 0.467. The lowest BCUT2D eigenvalue weighted by atomic mass is 9.91. The van der Waals surface area contributed by atoms with Gasteiger partial charge >= 0.3 is 5.97 Å². The summed E-state index contributed by atoms with van der Waals surface area (Å²) < 4.78 is 6.09. The monoisotopic (exact) mass is 471 g/mol. The van der Waals surface area contributed by atoms with Crippen LogP contribution >= 0.6 is 27.5 Å². The van der Waals surface area contributed by atoms with E-state index < -0.39 is 17.8 Å². The number of benzene rings is 3. The molecule has 1 amide bonds. The van der Waals surface area contributed by atoms with Crippen molar-refractivity contribution in [1.82, 2.24) is 0 Å². The van der Waals surface area contributed by atoms with Gasteiger partial charge in [-0.05, 0) is 51.7 Å². The molecular weight excluding hydrogens is 454 g/mol. The van der Waals surface area contributed by atoms with Crippen LogP contribution in [0.2, 0.25) is 5.02 Å². The molecule has 0 aliphatic rings. The number of carbonyl (C=O) groups excluding carboxylic acids is 2. The number of halogens is 2. The molecule has 0 aliphatic carbocycles. The Bertz CT molecular complexity index is 970. The van der Waals surface area contributed by atoms with E-state index in [2.05, 4.69) is 21.2 Å². The molecule has 0 aromatic heterocycles. The third-order valence-corrected chi connectivity index (χ3v) is 5.59. The standard InChI is InChI=1S/C23H19BrClNO3/c1-15-12-18(24)19(25)13-20(15)26-21(27)14-29-23(28)22(16-8-4-2-5-9-16)17-10-6-3-7-11-17/h2-13,22H,14H2,1H3,(H,26,27). The van der Waals surface area contributed by atoms with Crippen molar-refractivity contribution in [3.8, 4) is 0 Å². The fraction of sp³-hybridized carbons (Fsp3) is 0.130. The van der Waals surface area contributed by atoms with Crippen LogP contribution in [0.15, 0.2) is 77.3 Å². The smallest absolute Gasteiger partial charge is 0.318 e. The first-order chi connectivity index (χ1) is 14.0. The Labute approximate surface area is 183 Å². The van der Waals surface area contributed by atoms with Crippen molar-refractivity contribution in [1.29, 1.82) is 0 Å². The summed E-state index contributed by atoms with van der Waals surface area (Å²) in [5.41, 5.74) is 3.02. The largest absolute Gasteiger partial charge is 0.455 e. The SMILES string of the molecule is Cc1cc(Br)c(Cl)cc1NC(=O)COC(=O)C(c1ccccc1)c1ccccc1. The van der Waals surface area contributed by atoms with Crippen LogP contribution in [-0.4, -0.2) is 18.5 Å². The Hall–Kier alpha value is -2.63. The summed E-state index contributed by atoms with van der Waals surface area (Å²) in [7, 11) is 0. The molecule has 148 valence electrons. The van der Waals surface area contributed by atoms with E-state index in [1.165, 1.54) is 0 Å². The number of anilines is 1. The van der Waals surface area contributed by atoms with Crippen LogP contribution < -0.4 is 5.32 Å². The van der Waals surface area contributed by atoms with Crippen molar-refractivity contribution in [2.45, 2.75) is 12.8 Å². The first-order valence-electron chi connectivity index (χ1n) is 8.97. The lowest BCUT2D eigenvalue weighted by molar-refractivity contribution is -0.147. The minimum absolute atomic E-state index is 0.387. The Balaban J connectivity index is 1.70. The molecule has 3 rings (SSSR count). The fourth-order valence-corrected chi connectivity index (χ4v) is 3.56. The van der Waals surface area contributed by atoms with Crippen LogP contribution in [-0.2, 0) is 14.3 Å². The summed E-state index contributed by atoms with van der Waals surface area (Å²) in [6, 6.07) is 22.2. The normalized spacial score (nSPS) is 10.6. The highest BCUT2D eigenvalue weighted by atomic mass is 79.9. The maximum atomic E-state index is 12.8. The molecule has 0 heterocycles. The van der Waals surface area contributed by atoms with Gasteiger partial charge in [-0.3, -0.25) is 9.59 Å². The molecule has 0 spiro atoms. The van der Waals surface area contributed by atoms with Gasteiger partial charge in [0.2, 0.25) is 0 Å². The van der Waals surface area contributed by atoms with E-state index in [0.29, 0.717) is 10.7 Å². The van der Waals surface area contributed by atoms with Gasteiger partial charge in [0, 0.05) is 10.2 Å². The minimum atomic E-state index is -0.603. The van der Waals surface area contributed by atoms with E-state index in [0.717, 1.165) is 21.2 Å². The number of esters is 1. The summed E-state index contributed by atoms with van der Waals surface area (Å²) in [6.07, 6.45) is 0. The van der Waals surface area contributed by atoms with E-state index in [9.17, 15) is 9.59 Å². The predicted octanol–water partition coefficient (Wildman–Crippen LogP) is 5.72. The molecule has 0 aliphatic heterocycles. The predicted molar refractivity (Wildman–Crippen MR) is 118 cm³/mol. The second-order valence-corrected chi connectivity index (χ2v) is 7.75. The van der Waals surface area contributed by atoms with Gasteiger partial charge in [0.05, 0.1) is 5.02 Å². The van der Waals surface area contributed by atoms with Crippen molar-refractivity contribution >= 4 is 45.1 Å². The summed E-state index contributed by atoms with van der Waals surface area (Å²) in [4.78, 5) is 25.2. The molecule has 0 unspecified atom stereocenters. The maximum Gasteiger partial charge on any atom is 0.318 e. The van der Waals surface area contributed by atoms with E-state index in [4.69, 9.17) is 16.3 Å². The average Bonchev–Trinajstić information content (AvgIpc) is 2.72. The second kappa shape index (κ2) is 9.72. The Morgan fingerprint density at radius 1 is 1.00 bits per heavy atom. The van der Waals surface area contributed by atoms with Crippen LogP contribution in [0.3, 0.4) is 0 Å². The van der Waals surface area contributed by atoms with Crippen LogP contribution in [0.4, 0.5) is 5.69 Å². The molecule has 0 bridgehead atoms. The van der Waals surface area contributed by atoms with Gasteiger partial charge < -0.3 is 10.1 Å². The Morgan fingerprint density at radius 3 is 2.10 bits per heavy atom. The van der Waals surface area contributed by atoms with Crippen molar-refractivity contribution < 1.29 is 14.3 Å². The van der Waals surface area contributed by atoms with Crippen LogP contribution in [0.5, 0.6) is 0 Å². The average molecular weight is 473 g/mol. The van der Waals surface area contributed by atoms with Gasteiger partial charge in [-0.2, -0.15) is 0 Å². The zero-order valence-corrected chi connectivity index (χ0v) is 18.0. The van der Waals surface area contributed by atoms with Crippen molar-refractivity contribution in [2.75, 3.05) is 11.9 Å². The molecule has 1 N–H and O–H groups in total. The van der Waals surface area contributed by atoms with Crippen LogP contribution in [0.25, 0.3) is 0 Å². The highest BCUT2D eigenvalue weighted by Crippen LogP contribution is 2.29. The maximum absolute atomic E-state index is 12.8. The van der Waals surface area contributed by atoms with Crippen LogP contribution in [0, 0.1) is 6.92 Å². The third kappa shape index (κ3) is 5.46. The number of ether oxygens (including phenoxy) is 1. The zero-order valence-electron chi connectivity index (χ0n) is 15.7.